The number of hydrogen-bond acceptors (Lipinski definition) is 1. The molecule has 19 heavy (non-hydrogen) atoms. The minimum absolute atomic E-state index is 0.242. The summed E-state index contributed by atoms with van der Waals surface area (Å²) in [5.41, 5.74) is 4.85. The molecule has 2 nitrogen and oxygen atoms in total. The largest absolute Gasteiger partial charge is 0.292 e. The van der Waals surface area contributed by atoms with E-state index in [4.69, 9.17) is 0 Å². The van der Waals surface area contributed by atoms with Gasteiger partial charge >= 0.3 is 0 Å². The van der Waals surface area contributed by atoms with Crippen LogP contribution in [0.4, 0.5) is 0 Å². The first-order valence-corrected chi connectivity index (χ1v) is 6.59. The Hall–Kier alpha value is -1.96. The van der Waals surface area contributed by atoms with Crippen molar-refractivity contribution in [2.75, 3.05) is 0 Å². The zero-order valence-corrected chi connectivity index (χ0v) is 11.8. The molecule has 0 fully saturated rings. The van der Waals surface area contributed by atoms with Crippen molar-refractivity contribution in [1.82, 2.24) is 0 Å². The van der Waals surface area contributed by atoms with Crippen molar-refractivity contribution in [2.45, 2.75) is 33.7 Å². The predicted octanol–water partition coefficient (Wildman–Crippen LogP) is 2.71. The smallest absolute Gasteiger partial charge is 0.206 e. The van der Waals surface area contributed by atoms with Crippen LogP contribution in [0.25, 0.3) is 0 Å². The minimum atomic E-state index is 0.242. The van der Waals surface area contributed by atoms with Crippen molar-refractivity contribution in [3.8, 4) is 0 Å². The molecule has 2 heteroatoms. The normalized spacial score (nSPS) is 10.5. The predicted molar refractivity (Wildman–Crippen MR) is 76.0 cm³/mol. The van der Waals surface area contributed by atoms with Gasteiger partial charge in [-0.3, -0.25) is 4.79 Å². The van der Waals surface area contributed by atoms with E-state index in [9.17, 15) is 4.79 Å². The summed E-state index contributed by atoms with van der Waals surface area (Å²) in [7, 11) is 0. The molecule has 0 aliphatic carbocycles. The van der Waals surface area contributed by atoms with E-state index in [0.717, 1.165) is 0 Å². The molecule has 0 radical (unpaired) electrons. The van der Waals surface area contributed by atoms with Gasteiger partial charge in [0.15, 0.2) is 12.4 Å². The third-order valence-electron chi connectivity index (χ3n) is 3.35. The number of benzene rings is 1. The zero-order chi connectivity index (χ0) is 13.8. The summed E-state index contributed by atoms with van der Waals surface area (Å²) in [6.07, 6.45) is 4.36. The molecule has 0 aliphatic rings. The molecule has 1 heterocycles. The summed E-state index contributed by atoms with van der Waals surface area (Å²) in [6, 6.07) is 10.1. The highest BCUT2D eigenvalue weighted by atomic mass is 16.1. The second-order valence-corrected chi connectivity index (χ2v) is 5.14. The first-order chi connectivity index (χ1) is 9.06. The van der Waals surface area contributed by atoms with E-state index < -0.39 is 0 Å². The van der Waals surface area contributed by atoms with Crippen LogP contribution in [-0.2, 0) is 17.8 Å². The molecule has 98 valence electrons. The van der Waals surface area contributed by atoms with Crippen molar-refractivity contribution in [2.24, 2.45) is 0 Å². The van der Waals surface area contributed by atoms with Gasteiger partial charge in [-0.2, -0.15) is 4.57 Å². The maximum Gasteiger partial charge on any atom is 0.206 e. The van der Waals surface area contributed by atoms with E-state index >= 15 is 0 Å². The zero-order valence-electron chi connectivity index (χ0n) is 11.8. The number of pyridine rings is 1. The van der Waals surface area contributed by atoms with Gasteiger partial charge in [0.05, 0.1) is 0 Å². The molecule has 0 spiro atoms. The van der Waals surface area contributed by atoms with Crippen LogP contribution in [0.3, 0.4) is 0 Å². The summed E-state index contributed by atoms with van der Waals surface area (Å²) in [6.45, 7) is 6.69. The summed E-state index contributed by atoms with van der Waals surface area (Å²) in [5, 5.41) is 0. The first-order valence-electron chi connectivity index (χ1n) is 6.59. The number of aromatic nitrogens is 1. The number of carbonyl (C=O) groups excluding carboxylic acids is 1. The molecule has 0 atom stereocenters. The average molecular weight is 254 g/mol. The van der Waals surface area contributed by atoms with Gasteiger partial charge in [0, 0.05) is 18.6 Å². The summed E-state index contributed by atoms with van der Waals surface area (Å²) >= 11 is 0. The van der Waals surface area contributed by atoms with E-state index in [1.807, 2.05) is 35.2 Å². The van der Waals surface area contributed by atoms with Gasteiger partial charge in [-0.05, 0) is 37.5 Å². The number of nitrogens with zero attached hydrogens (tertiary/aromatic N) is 1. The Bertz CT molecular complexity index is 564. The average Bonchev–Trinajstić information content (AvgIpc) is 2.35. The van der Waals surface area contributed by atoms with Gasteiger partial charge in [0.1, 0.15) is 0 Å². The van der Waals surface area contributed by atoms with E-state index in [0.29, 0.717) is 13.0 Å². The Morgan fingerprint density at radius 2 is 1.58 bits per heavy atom. The van der Waals surface area contributed by atoms with Crippen LogP contribution in [0.2, 0.25) is 0 Å². The Labute approximate surface area is 114 Å². The van der Waals surface area contributed by atoms with E-state index in [1.54, 1.807) is 0 Å². The Balaban J connectivity index is 2.12. The summed E-state index contributed by atoms with van der Waals surface area (Å²) < 4.78 is 1.92. The minimum Gasteiger partial charge on any atom is -0.292 e. The Morgan fingerprint density at radius 3 is 2.16 bits per heavy atom. The quantitative estimate of drug-likeness (QED) is 0.769. The van der Waals surface area contributed by atoms with Gasteiger partial charge in [-0.15, -0.1) is 0 Å². The fraction of sp³-hybridized carbons (Fsp3) is 0.294. The van der Waals surface area contributed by atoms with Gasteiger partial charge < -0.3 is 0 Å². The standard InChI is InChI=1S/C17H20NO/c1-13-9-14(2)17(15(3)10-13)11-16(19)12-18-7-5-4-6-8-18/h4-10H,11-12H2,1-3H3/q+1. The molecule has 0 saturated carbocycles. The van der Waals surface area contributed by atoms with Crippen LogP contribution in [0.5, 0.6) is 0 Å². The van der Waals surface area contributed by atoms with Crippen LogP contribution in [0, 0.1) is 20.8 Å². The van der Waals surface area contributed by atoms with Crippen molar-refractivity contribution in [3.05, 3.63) is 65.0 Å². The highest BCUT2D eigenvalue weighted by Crippen LogP contribution is 2.17. The molecule has 0 amide bonds. The molecule has 2 aromatic rings. The summed E-state index contributed by atoms with van der Waals surface area (Å²) in [4.78, 5) is 12.2. The van der Waals surface area contributed by atoms with Crippen molar-refractivity contribution in [3.63, 3.8) is 0 Å². The lowest BCUT2D eigenvalue weighted by molar-refractivity contribution is -0.684. The number of hydrogen-bond donors (Lipinski definition) is 0. The lowest BCUT2D eigenvalue weighted by Crippen LogP contribution is -2.37. The molecule has 0 unspecified atom stereocenters. The second kappa shape index (κ2) is 5.79. The van der Waals surface area contributed by atoms with E-state index in [2.05, 4.69) is 32.9 Å². The third kappa shape index (κ3) is 3.50. The molecule has 0 N–H and O–H groups in total. The third-order valence-corrected chi connectivity index (χ3v) is 3.35. The lowest BCUT2D eigenvalue weighted by atomic mass is 9.96. The molecule has 2 rings (SSSR count). The van der Waals surface area contributed by atoms with Crippen molar-refractivity contribution < 1.29 is 9.36 Å². The maximum atomic E-state index is 12.2. The number of ketones is 1. The molecule has 1 aromatic carbocycles. The highest BCUT2D eigenvalue weighted by Gasteiger charge is 2.13. The van der Waals surface area contributed by atoms with Gasteiger partial charge in [0.25, 0.3) is 0 Å². The maximum absolute atomic E-state index is 12.2. The Kier molecular flexibility index (Phi) is 4.10. The summed E-state index contributed by atoms with van der Waals surface area (Å²) in [5.74, 6) is 0.242. The fourth-order valence-electron chi connectivity index (χ4n) is 2.49. The van der Waals surface area contributed by atoms with Gasteiger partial charge in [-0.1, -0.05) is 23.8 Å². The van der Waals surface area contributed by atoms with E-state index in [1.165, 1.54) is 22.3 Å². The molecule has 1 aromatic heterocycles. The van der Waals surface area contributed by atoms with Crippen molar-refractivity contribution in [1.29, 1.82) is 0 Å². The first kappa shape index (κ1) is 13.5. The number of aryl methyl sites for hydroxylation is 3. The molecule has 0 saturated heterocycles. The SMILES string of the molecule is Cc1cc(C)c(CC(=O)C[n+]2ccccc2)c(C)c1. The molecule has 0 aliphatic heterocycles. The van der Waals surface area contributed by atoms with E-state index in [-0.39, 0.29) is 5.78 Å². The number of Topliss-reactive ketones (excluding diaryl/α,β-unsaturated/α-hetero) is 1. The van der Waals surface area contributed by atoms with Crippen LogP contribution >= 0.6 is 0 Å². The number of carbonyl (C=O) groups is 1. The Morgan fingerprint density at radius 1 is 1.00 bits per heavy atom. The second-order valence-electron chi connectivity index (χ2n) is 5.14. The van der Waals surface area contributed by atoms with Gasteiger partial charge in [0.2, 0.25) is 12.3 Å². The molecule has 0 bridgehead atoms. The number of rotatable bonds is 4. The van der Waals surface area contributed by atoms with Gasteiger partial charge in [-0.25, -0.2) is 0 Å². The lowest BCUT2D eigenvalue weighted by Gasteiger charge is -2.09. The monoisotopic (exact) mass is 254 g/mol. The molecular formula is C17H20NO+. The fourth-order valence-corrected chi connectivity index (χ4v) is 2.49. The van der Waals surface area contributed by atoms with Crippen molar-refractivity contribution >= 4 is 5.78 Å². The van der Waals surface area contributed by atoms with Crippen LogP contribution in [0.15, 0.2) is 42.7 Å². The molecular weight excluding hydrogens is 234 g/mol. The van der Waals surface area contributed by atoms with Crippen LogP contribution < -0.4 is 4.57 Å². The van der Waals surface area contributed by atoms with Crippen LogP contribution in [-0.4, -0.2) is 5.78 Å². The van der Waals surface area contributed by atoms with Crippen LogP contribution in [0.1, 0.15) is 22.3 Å². The topological polar surface area (TPSA) is 20.9 Å². The highest BCUT2D eigenvalue weighted by molar-refractivity contribution is 5.80.